The molecule has 0 saturated heterocycles. The Labute approximate surface area is 82.7 Å². The lowest BCUT2D eigenvalue weighted by Crippen LogP contribution is -2.31. The Morgan fingerprint density at radius 2 is 1.71 bits per heavy atom. The normalized spacial score (nSPS) is 12.8. The molecule has 1 unspecified atom stereocenters. The van der Waals surface area contributed by atoms with E-state index < -0.39 is 24.5 Å². The summed E-state index contributed by atoms with van der Waals surface area (Å²) in [6.07, 6.45) is -0.557. The zero-order chi connectivity index (χ0) is 11.1. The minimum absolute atomic E-state index is 0.185. The first kappa shape index (κ1) is 12.9. The van der Waals surface area contributed by atoms with Crippen molar-refractivity contribution < 1.29 is 24.5 Å². The van der Waals surface area contributed by atoms with E-state index in [4.69, 9.17) is 14.9 Å². The van der Waals surface area contributed by atoms with Crippen LogP contribution in [-0.4, -0.2) is 34.4 Å². The molecule has 0 radical (unpaired) electrons. The summed E-state index contributed by atoms with van der Waals surface area (Å²) in [5.41, 5.74) is 0. The van der Waals surface area contributed by atoms with E-state index in [1.165, 1.54) is 0 Å². The molecule has 0 aromatic heterocycles. The van der Waals surface area contributed by atoms with E-state index in [0.717, 1.165) is 0 Å². The molecule has 0 fully saturated rings. The second-order valence-electron chi connectivity index (χ2n) is 3.00. The van der Waals surface area contributed by atoms with Crippen LogP contribution < -0.4 is 0 Å². The summed E-state index contributed by atoms with van der Waals surface area (Å²) in [5.74, 6) is -2.39. The number of aliphatic carboxylic acids is 2. The highest BCUT2D eigenvalue weighted by Crippen LogP contribution is 2.09. The Morgan fingerprint density at radius 3 is 2.00 bits per heavy atom. The molecule has 0 saturated carbocycles. The Bertz CT molecular complexity index is 197. The summed E-state index contributed by atoms with van der Waals surface area (Å²) < 4.78 is 5.14. The molecule has 5 nitrogen and oxygen atoms in total. The van der Waals surface area contributed by atoms with Crippen LogP contribution in [0.25, 0.3) is 0 Å². The van der Waals surface area contributed by atoms with Gasteiger partial charge in [-0.25, -0.2) is 4.79 Å². The number of carboxylic acids is 2. The van der Waals surface area contributed by atoms with Crippen LogP contribution in [-0.2, 0) is 14.3 Å². The van der Waals surface area contributed by atoms with Crippen molar-refractivity contribution in [1.82, 2.24) is 0 Å². The molecule has 2 N–H and O–H groups in total. The number of hydrogen-bond donors (Lipinski definition) is 2. The monoisotopic (exact) mass is 204 g/mol. The predicted octanol–water partition coefficient (Wildman–Crippen LogP) is 1.12. The van der Waals surface area contributed by atoms with Crippen molar-refractivity contribution >= 4 is 11.9 Å². The lowest BCUT2D eigenvalue weighted by Gasteiger charge is -2.18. The van der Waals surface area contributed by atoms with Crippen molar-refractivity contribution in [1.29, 1.82) is 0 Å². The van der Waals surface area contributed by atoms with Gasteiger partial charge in [0, 0.05) is 0 Å². The fourth-order valence-electron chi connectivity index (χ4n) is 1.07. The fraction of sp³-hybridized carbons (Fsp3) is 0.778. The zero-order valence-corrected chi connectivity index (χ0v) is 8.40. The molecule has 0 rings (SSSR count). The van der Waals surface area contributed by atoms with E-state index in [-0.39, 0.29) is 6.10 Å². The maximum absolute atomic E-state index is 10.6. The number of rotatable bonds is 7. The van der Waals surface area contributed by atoms with E-state index in [1.54, 1.807) is 0 Å². The second-order valence-corrected chi connectivity index (χ2v) is 3.00. The van der Waals surface area contributed by atoms with Gasteiger partial charge in [-0.05, 0) is 12.8 Å². The largest absolute Gasteiger partial charge is 0.481 e. The molecule has 5 heteroatoms. The molecular formula is C9H16O5. The van der Waals surface area contributed by atoms with Crippen LogP contribution in [0.1, 0.15) is 33.1 Å². The molecular weight excluding hydrogens is 188 g/mol. The quantitative estimate of drug-likeness (QED) is 0.649. The highest BCUT2D eigenvalue weighted by molar-refractivity contribution is 5.79. The van der Waals surface area contributed by atoms with Gasteiger partial charge in [-0.1, -0.05) is 13.8 Å². The van der Waals surface area contributed by atoms with Crippen molar-refractivity contribution in [3.63, 3.8) is 0 Å². The maximum atomic E-state index is 10.6. The van der Waals surface area contributed by atoms with Gasteiger partial charge >= 0.3 is 11.9 Å². The summed E-state index contributed by atoms with van der Waals surface area (Å²) in [7, 11) is 0. The zero-order valence-electron chi connectivity index (χ0n) is 8.40. The van der Waals surface area contributed by atoms with Crippen molar-refractivity contribution in [2.45, 2.75) is 45.3 Å². The second kappa shape index (κ2) is 6.37. The van der Waals surface area contributed by atoms with Gasteiger partial charge in [0.05, 0.1) is 12.5 Å². The molecule has 14 heavy (non-hydrogen) atoms. The van der Waals surface area contributed by atoms with E-state index >= 15 is 0 Å². The summed E-state index contributed by atoms with van der Waals surface area (Å²) in [6.45, 7) is 3.74. The molecule has 0 aliphatic carbocycles. The lowest BCUT2D eigenvalue weighted by atomic mass is 10.2. The first-order chi connectivity index (χ1) is 6.51. The number of ether oxygens (including phenoxy) is 1. The Balaban J connectivity index is 4.21. The maximum Gasteiger partial charge on any atom is 0.333 e. The SMILES string of the molecule is CCC(CC)OC(CC(=O)O)C(=O)O. The molecule has 0 aliphatic heterocycles. The van der Waals surface area contributed by atoms with E-state index in [9.17, 15) is 9.59 Å². The van der Waals surface area contributed by atoms with Crippen LogP contribution in [0.15, 0.2) is 0 Å². The Hall–Kier alpha value is -1.10. The van der Waals surface area contributed by atoms with Gasteiger partial charge in [-0.15, -0.1) is 0 Å². The molecule has 0 aliphatic rings. The van der Waals surface area contributed by atoms with E-state index in [2.05, 4.69) is 0 Å². The molecule has 1 atom stereocenters. The summed E-state index contributed by atoms with van der Waals surface area (Å²) in [6, 6.07) is 0. The minimum atomic E-state index is -1.24. The molecule has 0 heterocycles. The van der Waals surface area contributed by atoms with Gasteiger partial charge in [-0.2, -0.15) is 0 Å². The summed E-state index contributed by atoms with van der Waals surface area (Å²) >= 11 is 0. The van der Waals surface area contributed by atoms with Gasteiger partial charge in [-0.3, -0.25) is 4.79 Å². The molecule has 0 amide bonds. The van der Waals surface area contributed by atoms with Crippen molar-refractivity contribution in [2.75, 3.05) is 0 Å². The lowest BCUT2D eigenvalue weighted by molar-refractivity contribution is -0.161. The van der Waals surface area contributed by atoms with E-state index in [1.807, 2.05) is 13.8 Å². The van der Waals surface area contributed by atoms with Crippen molar-refractivity contribution in [3.05, 3.63) is 0 Å². The fourth-order valence-corrected chi connectivity index (χ4v) is 1.07. The van der Waals surface area contributed by atoms with Crippen LogP contribution in [0.2, 0.25) is 0 Å². The first-order valence-corrected chi connectivity index (χ1v) is 4.61. The first-order valence-electron chi connectivity index (χ1n) is 4.61. The minimum Gasteiger partial charge on any atom is -0.481 e. The highest BCUT2D eigenvalue weighted by atomic mass is 16.5. The van der Waals surface area contributed by atoms with Gasteiger partial charge in [0.1, 0.15) is 0 Å². The molecule has 0 aromatic carbocycles. The third kappa shape index (κ3) is 4.81. The molecule has 0 bridgehead atoms. The van der Waals surface area contributed by atoms with Crippen LogP contribution in [0.3, 0.4) is 0 Å². The average molecular weight is 204 g/mol. The Morgan fingerprint density at radius 1 is 1.21 bits per heavy atom. The number of carboxylic acid groups (broad SMARTS) is 2. The third-order valence-electron chi connectivity index (χ3n) is 1.90. The topological polar surface area (TPSA) is 83.8 Å². The summed E-state index contributed by atoms with van der Waals surface area (Å²) in [4.78, 5) is 20.9. The van der Waals surface area contributed by atoms with Crippen LogP contribution in [0.5, 0.6) is 0 Å². The average Bonchev–Trinajstić information content (AvgIpc) is 2.11. The van der Waals surface area contributed by atoms with Gasteiger partial charge in [0.25, 0.3) is 0 Å². The number of carbonyl (C=O) groups is 2. The van der Waals surface area contributed by atoms with Crippen molar-refractivity contribution in [3.8, 4) is 0 Å². The smallest absolute Gasteiger partial charge is 0.333 e. The third-order valence-corrected chi connectivity index (χ3v) is 1.90. The molecule has 82 valence electrons. The number of hydrogen-bond acceptors (Lipinski definition) is 3. The highest BCUT2D eigenvalue weighted by Gasteiger charge is 2.24. The molecule has 0 spiro atoms. The van der Waals surface area contributed by atoms with Crippen LogP contribution >= 0.6 is 0 Å². The Kier molecular flexibility index (Phi) is 5.87. The van der Waals surface area contributed by atoms with Crippen molar-refractivity contribution in [2.24, 2.45) is 0 Å². The van der Waals surface area contributed by atoms with Gasteiger partial charge < -0.3 is 14.9 Å². The van der Waals surface area contributed by atoms with Gasteiger partial charge in [0.2, 0.25) is 0 Å². The standard InChI is InChI=1S/C9H16O5/c1-3-6(4-2)14-7(9(12)13)5-8(10)11/h6-7H,3-5H2,1-2H3,(H,10,11)(H,12,13). The van der Waals surface area contributed by atoms with Crippen LogP contribution in [0.4, 0.5) is 0 Å². The summed E-state index contributed by atoms with van der Waals surface area (Å²) in [5, 5.41) is 17.1. The van der Waals surface area contributed by atoms with Crippen LogP contribution in [0, 0.1) is 0 Å². The molecule has 0 aromatic rings. The van der Waals surface area contributed by atoms with E-state index in [0.29, 0.717) is 12.8 Å². The van der Waals surface area contributed by atoms with Gasteiger partial charge in [0.15, 0.2) is 6.10 Å². The predicted molar refractivity (Wildman–Crippen MR) is 49.1 cm³/mol.